The highest BCUT2D eigenvalue weighted by Gasteiger charge is 2.44. The van der Waals surface area contributed by atoms with Gasteiger partial charge in [0.25, 0.3) is 0 Å². The van der Waals surface area contributed by atoms with Crippen LogP contribution in [0.15, 0.2) is 0 Å². The lowest BCUT2D eigenvalue weighted by molar-refractivity contribution is -0.0365. The van der Waals surface area contributed by atoms with E-state index in [0.717, 1.165) is 10.8 Å². The first-order valence-electron chi connectivity index (χ1n) is 4.25. The molecule has 0 aliphatic carbocycles. The van der Waals surface area contributed by atoms with E-state index in [1.807, 2.05) is 0 Å². The van der Waals surface area contributed by atoms with Crippen molar-refractivity contribution in [3.63, 3.8) is 0 Å². The van der Waals surface area contributed by atoms with Crippen molar-refractivity contribution < 1.29 is 4.74 Å². The SMILES string of the molecule is NC1(CI)CCC2CCC1O2. The van der Waals surface area contributed by atoms with Gasteiger partial charge in [-0.25, -0.2) is 0 Å². The molecule has 2 heterocycles. The zero-order valence-corrected chi connectivity index (χ0v) is 8.71. The predicted octanol–water partition coefficient (Wildman–Crippen LogP) is 1.46. The van der Waals surface area contributed by atoms with Crippen LogP contribution >= 0.6 is 22.6 Å². The van der Waals surface area contributed by atoms with E-state index < -0.39 is 0 Å². The fraction of sp³-hybridized carbons (Fsp3) is 1.00. The zero-order valence-electron chi connectivity index (χ0n) is 6.55. The Morgan fingerprint density at radius 1 is 1.45 bits per heavy atom. The van der Waals surface area contributed by atoms with Crippen molar-refractivity contribution in [1.82, 2.24) is 0 Å². The molecule has 11 heavy (non-hydrogen) atoms. The number of fused-ring (bicyclic) bond motifs is 2. The van der Waals surface area contributed by atoms with Gasteiger partial charge in [-0.1, -0.05) is 22.6 Å². The molecule has 2 bridgehead atoms. The summed E-state index contributed by atoms with van der Waals surface area (Å²) in [4.78, 5) is 0. The number of nitrogens with two attached hydrogens (primary N) is 1. The Hall–Kier alpha value is 0.650. The molecule has 3 atom stereocenters. The number of hydrogen-bond acceptors (Lipinski definition) is 2. The third-order valence-corrected chi connectivity index (χ3v) is 4.35. The maximum absolute atomic E-state index is 6.21. The highest BCUT2D eigenvalue weighted by atomic mass is 127. The third kappa shape index (κ3) is 1.31. The number of hydrogen-bond donors (Lipinski definition) is 1. The largest absolute Gasteiger partial charge is 0.373 e. The molecule has 2 N–H and O–H groups in total. The van der Waals surface area contributed by atoms with Crippen LogP contribution in [-0.4, -0.2) is 22.2 Å². The van der Waals surface area contributed by atoms with E-state index in [2.05, 4.69) is 22.6 Å². The molecule has 3 unspecified atom stereocenters. The molecule has 0 aromatic heterocycles. The first-order valence-corrected chi connectivity index (χ1v) is 5.77. The van der Waals surface area contributed by atoms with Crippen LogP contribution in [0.5, 0.6) is 0 Å². The average molecular weight is 267 g/mol. The standard InChI is InChI=1S/C8H14INO/c9-5-8(10)4-3-6-1-2-7(8)11-6/h6-7H,1-5,10H2. The second kappa shape index (κ2) is 2.85. The Bertz CT molecular complexity index is 164. The van der Waals surface area contributed by atoms with Crippen molar-refractivity contribution >= 4 is 22.6 Å². The summed E-state index contributed by atoms with van der Waals surface area (Å²) in [5.41, 5.74) is 6.20. The van der Waals surface area contributed by atoms with E-state index in [1.165, 1.54) is 19.3 Å². The smallest absolute Gasteiger partial charge is 0.0766 e. The van der Waals surface area contributed by atoms with Gasteiger partial charge in [0.15, 0.2) is 0 Å². The van der Waals surface area contributed by atoms with E-state index >= 15 is 0 Å². The summed E-state index contributed by atoms with van der Waals surface area (Å²) in [6, 6.07) is 0. The van der Waals surface area contributed by atoms with Crippen LogP contribution in [0.3, 0.4) is 0 Å². The number of halogens is 1. The van der Waals surface area contributed by atoms with Crippen molar-refractivity contribution in [3.05, 3.63) is 0 Å². The van der Waals surface area contributed by atoms with Gasteiger partial charge in [-0.2, -0.15) is 0 Å². The van der Waals surface area contributed by atoms with Crippen molar-refractivity contribution in [2.24, 2.45) is 5.73 Å². The molecule has 0 radical (unpaired) electrons. The molecule has 0 amide bonds. The van der Waals surface area contributed by atoms with E-state index in [1.54, 1.807) is 0 Å². The Balaban J connectivity index is 2.12. The zero-order chi connectivity index (χ0) is 7.90. The third-order valence-electron chi connectivity index (χ3n) is 2.93. The second-order valence-electron chi connectivity index (χ2n) is 3.73. The Morgan fingerprint density at radius 2 is 2.27 bits per heavy atom. The van der Waals surface area contributed by atoms with Crippen molar-refractivity contribution in [2.45, 2.75) is 43.4 Å². The normalized spacial score (nSPS) is 49.6. The molecule has 2 saturated heterocycles. The Morgan fingerprint density at radius 3 is 3.00 bits per heavy atom. The van der Waals surface area contributed by atoms with Crippen molar-refractivity contribution in [2.75, 3.05) is 4.43 Å². The minimum absolute atomic E-state index is 0.00639. The highest BCUT2D eigenvalue weighted by Crippen LogP contribution is 2.38. The lowest BCUT2D eigenvalue weighted by Crippen LogP contribution is -2.54. The predicted molar refractivity (Wildman–Crippen MR) is 52.9 cm³/mol. The van der Waals surface area contributed by atoms with Crippen LogP contribution in [0, 0.1) is 0 Å². The molecule has 2 aliphatic heterocycles. The van der Waals surface area contributed by atoms with Crippen LogP contribution in [0.25, 0.3) is 0 Å². The van der Waals surface area contributed by atoms with Crippen LogP contribution < -0.4 is 5.73 Å². The molecule has 2 fully saturated rings. The summed E-state index contributed by atoms with van der Waals surface area (Å²) in [7, 11) is 0. The van der Waals surface area contributed by atoms with E-state index in [9.17, 15) is 0 Å². The molecular formula is C8H14INO. The summed E-state index contributed by atoms with van der Waals surface area (Å²) in [5, 5.41) is 0. The van der Waals surface area contributed by atoms with E-state index in [-0.39, 0.29) is 5.54 Å². The van der Waals surface area contributed by atoms with Crippen molar-refractivity contribution in [1.29, 1.82) is 0 Å². The lowest BCUT2D eigenvalue weighted by atomic mass is 9.89. The molecule has 2 aliphatic rings. The number of alkyl halides is 1. The number of ether oxygens (including phenoxy) is 1. The molecule has 0 saturated carbocycles. The van der Waals surface area contributed by atoms with Crippen LogP contribution in [-0.2, 0) is 4.74 Å². The maximum atomic E-state index is 6.21. The Labute approximate surface area is 81.0 Å². The average Bonchev–Trinajstić information content (AvgIpc) is 2.44. The van der Waals surface area contributed by atoms with E-state index in [4.69, 9.17) is 10.5 Å². The number of rotatable bonds is 1. The first-order chi connectivity index (χ1) is 5.24. The van der Waals surface area contributed by atoms with Crippen LogP contribution in [0.4, 0.5) is 0 Å². The van der Waals surface area contributed by atoms with Gasteiger partial charge in [0.05, 0.1) is 17.7 Å². The van der Waals surface area contributed by atoms with Crippen LogP contribution in [0.2, 0.25) is 0 Å². The van der Waals surface area contributed by atoms with Gasteiger partial charge in [-0.15, -0.1) is 0 Å². The summed E-state index contributed by atoms with van der Waals surface area (Å²) >= 11 is 2.38. The molecule has 3 heteroatoms. The minimum atomic E-state index is -0.00639. The van der Waals surface area contributed by atoms with Gasteiger partial charge < -0.3 is 10.5 Å². The molecule has 0 aromatic rings. The summed E-state index contributed by atoms with van der Waals surface area (Å²) in [6.07, 6.45) is 5.66. The molecule has 64 valence electrons. The van der Waals surface area contributed by atoms with Gasteiger partial charge in [0, 0.05) is 4.43 Å². The minimum Gasteiger partial charge on any atom is -0.373 e. The molecule has 0 aromatic carbocycles. The lowest BCUT2D eigenvalue weighted by Gasteiger charge is -2.37. The van der Waals surface area contributed by atoms with Gasteiger partial charge in [0.2, 0.25) is 0 Å². The summed E-state index contributed by atoms with van der Waals surface area (Å²) in [6.45, 7) is 0. The van der Waals surface area contributed by atoms with Crippen molar-refractivity contribution in [3.8, 4) is 0 Å². The molecular weight excluding hydrogens is 253 g/mol. The second-order valence-corrected chi connectivity index (χ2v) is 4.49. The fourth-order valence-corrected chi connectivity index (χ4v) is 2.96. The monoisotopic (exact) mass is 267 g/mol. The van der Waals surface area contributed by atoms with Gasteiger partial charge in [-0.05, 0) is 25.7 Å². The van der Waals surface area contributed by atoms with E-state index in [0.29, 0.717) is 12.2 Å². The molecule has 0 spiro atoms. The van der Waals surface area contributed by atoms with Gasteiger partial charge in [0.1, 0.15) is 0 Å². The first kappa shape index (κ1) is 8.26. The summed E-state index contributed by atoms with van der Waals surface area (Å²) < 4.78 is 6.80. The Kier molecular flexibility index (Phi) is 2.14. The fourth-order valence-electron chi connectivity index (χ4n) is 2.08. The molecule has 2 rings (SSSR count). The molecule has 2 nitrogen and oxygen atoms in total. The van der Waals surface area contributed by atoms with Crippen LogP contribution in [0.1, 0.15) is 25.7 Å². The highest BCUT2D eigenvalue weighted by molar-refractivity contribution is 14.1. The van der Waals surface area contributed by atoms with Gasteiger partial charge >= 0.3 is 0 Å². The summed E-state index contributed by atoms with van der Waals surface area (Å²) in [5.74, 6) is 0. The maximum Gasteiger partial charge on any atom is 0.0766 e. The topological polar surface area (TPSA) is 35.2 Å². The van der Waals surface area contributed by atoms with Gasteiger partial charge in [-0.3, -0.25) is 0 Å². The quantitative estimate of drug-likeness (QED) is 0.576.